The van der Waals surface area contributed by atoms with Gasteiger partial charge in [0, 0.05) is 11.2 Å². The topological polar surface area (TPSA) is 71.2 Å². The predicted octanol–water partition coefficient (Wildman–Crippen LogP) is 2.98. The van der Waals surface area contributed by atoms with E-state index in [-0.39, 0.29) is 17.7 Å². The van der Waals surface area contributed by atoms with Crippen molar-refractivity contribution in [3.05, 3.63) is 33.2 Å². The lowest BCUT2D eigenvalue weighted by Gasteiger charge is -2.26. The number of hydrogen-bond donors (Lipinski definition) is 2. The molecule has 2 rings (SSSR count). The Bertz CT molecular complexity index is 580. The standard InChI is InChI=1S/C16H24N2O3/c1-10-8-13(11-6-5-7-11)17-14(19)12(10)9-21-15(20)18-16(2,3)4/h8,11H,5-7,9H2,1-4H3,(H,17,19)(H,18,20). The molecule has 116 valence electrons. The molecule has 1 aliphatic rings. The molecule has 1 fully saturated rings. The van der Waals surface area contributed by atoms with E-state index in [2.05, 4.69) is 10.3 Å². The quantitative estimate of drug-likeness (QED) is 0.899. The number of ether oxygens (including phenoxy) is 1. The zero-order chi connectivity index (χ0) is 15.6. The lowest BCUT2D eigenvalue weighted by Crippen LogP contribution is -2.41. The fraction of sp³-hybridized carbons (Fsp3) is 0.625. The molecular weight excluding hydrogens is 268 g/mol. The van der Waals surface area contributed by atoms with Gasteiger partial charge in [0.15, 0.2) is 0 Å². The van der Waals surface area contributed by atoms with E-state index < -0.39 is 6.09 Å². The van der Waals surface area contributed by atoms with Crippen molar-refractivity contribution in [2.24, 2.45) is 0 Å². The van der Waals surface area contributed by atoms with Gasteiger partial charge in [0.2, 0.25) is 0 Å². The molecule has 1 aromatic rings. The highest BCUT2D eigenvalue weighted by Crippen LogP contribution is 2.35. The molecule has 1 aliphatic carbocycles. The number of carbonyl (C=O) groups is 1. The molecule has 0 bridgehead atoms. The summed E-state index contributed by atoms with van der Waals surface area (Å²) in [5, 5.41) is 2.70. The van der Waals surface area contributed by atoms with E-state index in [1.165, 1.54) is 6.42 Å². The minimum Gasteiger partial charge on any atom is -0.444 e. The Hall–Kier alpha value is -1.78. The molecule has 0 aliphatic heterocycles. The molecule has 1 saturated carbocycles. The first kappa shape index (κ1) is 15.6. The van der Waals surface area contributed by atoms with E-state index in [0.29, 0.717) is 11.5 Å². The predicted molar refractivity (Wildman–Crippen MR) is 81.5 cm³/mol. The molecule has 1 amide bonds. The molecule has 1 aromatic heterocycles. The summed E-state index contributed by atoms with van der Waals surface area (Å²) in [7, 11) is 0. The molecule has 0 radical (unpaired) electrons. The molecule has 0 spiro atoms. The number of carbonyl (C=O) groups excluding carboxylic acids is 1. The first-order valence-corrected chi connectivity index (χ1v) is 7.44. The average Bonchev–Trinajstić information content (AvgIpc) is 2.22. The van der Waals surface area contributed by atoms with Gasteiger partial charge in [-0.25, -0.2) is 4.79 Å². The van der Waals surface area contributed by atoms with Crippen LogP contribution >= 0.6 is 0 Å². The van der Waals surface area contributed by atoms with Crippen LogP contribution < -0.4 is 10.9 Å². The number of pyridine rings is 1. The third-order valence-electron chi connectivity index (χ3n) is 3.75. The van der Waals surface area contributed by atoms with Crippen molar-refractivity contribution < 1.29 is 9.53 Å². The Balaban J connectivity index is 2.03. The summed E-state index contributed by atoms with van der Waals surface area (Å²) >= 11 is 0. The van der Waals surface area contributed by atoms with Gasteiger partial charge >= 0.3 is 6.09 Å². The molecular formula is C16H24N2O3. The van der Waals surface area contributed by atoms with Crippen molar-refractivity contribution in [2.45, 2.75) is 65.0 Å². The average molecular weight is 292 g/mol. The number of aromatic nitrogens is 1. The number of H-pyrrole nitrogens is 1. The minimum atomic E-state index is -0.510. The van der Waals surface area contributed by atoms with Crippen LogP contribution in [0.4, 0.5) is 4.79 Å². The smallest absolute Gasteiger partial charge is 0.407 e. The molecule has 1 heterocycles. The number of aromatic amines is 1. The zero-order valence-corrected chi connectivity index (χ0v) is 13.2. The maximum absolute atomic E-state index is 12.1. The maximum Gasteiger partial charge on any atom is 0.407 e. The van der Waals surface area contributed by atoms with Gasteiger partial charge in [-0.2, -0.15) is 0 Å². The summed E-state index contributed by atoms with van der Waals surface area (Å²) in [5.41, 5.74) is 1.89. The van der Waals surface area contributed by atoms with Crippen molar-refractivity contribution >= 4 is 6.09 Å². The summed E-state index contributed by atoms with van der Waals surface area (Å²) in [6.45, 7) is 7.50. The number of alkyl carbamates (subject to hydrolysis) is 1. The number of hydrogen-bond acceptors (Lipinski definition) is 3. The molecule has 0 atom stereocenters. The van der Waals surface area contributed by atoms with Crippen molar-refractivity contribution in [3.63, 3.8) is 0 Å². The van der Waals surface area contributed by atoms with Gasteiger partial charge in [-0.3, -0.25) is 4.79 Å². The Labute approximate surface area is 125 Å². The van der Waals surface area contributed by atoms with E-state index in [1.807, 2.05) is 33.8 Å². The van der Waals surface area contributed by atoms with Gasteiger partial charge in [0.1, 0.15) is 6.61 Å². The maximum atomic E-state index is 12.1. The lowest BCUT2D eigenvalue weighted by molar-refractivity contribution is 0.130. The SMILES string of the molecule is Cc1cc(C2CCC2)[nH]c(=O)c1COC(=O)NC(C)(C)C. The van der Waals surface area contributed by atoms with Crippen LogP contribution in [-0.2, 0) is 11.3 Å². The van der Waals surface area contributed by atoms with E-state index in [1.54, 1.807) is 0 Å². The van der Waals surface area contributed by atoms with Crippen LogP contribution in [0.3, 0.4) is 0 Å². The number of rotatable bonds is 3. The summed E-state index contributed by atoms with van der Waals surface area (Å²) in [6, 6.07) is 2.01. The number of aryl methyl sites for hydroxylation is 1. The minimum absolute atomic E-state index is 0.00593. The summed E-state index contributed by atoms with van der Waals surface area (Å²) in [4.78, 5) is 26.7. The molecule has 0 aromatic carbocycles. The van der Waals surface area contributed by atoms with Crippen LogP contribution in [0.2, 0.25) is 0 Å². The van der Waals surface area contributed by atoms with Crippen LogP contribution in [0.5, 0.6) is 0 Å². The second-order valence-electron chi connectivity index (χ2n) is 6.79. The van der Waals surface area contributed by atoms with Crippen LogP contribution in [-0.4, -0.2) is 16.6 Å². The molecule has 5 heteroatoms. The van der Waals surface area contributed by atoms with Gasteiger partial charge < -0.3 is 15.0 Å². The Morgan fingerprint density at radius 2 is 2.10 bits per heavy atom. The fourth-order valence-corrected chi connectivity index (χ4v) is 2.34. The number of amides is 1. The Morgan fingerprint density at radius 3 is 2.57 bits per heavy atom. The van der Waals surface area contributed by atoms with Gasteiger partial charge in [-0.05, 0) is 58.1 Å². The highest BCUT2D eigenvalue weighted by atomic mass is 16.5. The lowest BCUT2D eigenvalue weighted by atomic mass is 9.82. The largest absolute Gasteiger partial charge is 0.444 e. The van der Waals surface area contributed by atoms with E-state index in [4.69, 9.17) is 4.74 Å². The highest BCUT2D eigenvalue weighted by molar-refractivity contribution is 5.68. The van der Waals surface area contributed by atoms with E-state index in [0.717, 1.165) is 24.1 Å². The van der Waals surface area contributed by atoms with Crippen LogP contribution in [0.25, 0.3) is 0 Å². The van der Waals surface area contributed by atoms with Crippen LogP contribution in [0.15, 0.2) is 10.9 Å². The third-order valence-corrected chi connectivity index (χ3v) is 3.75. The summed E-state index contributed by atoms with van der Waals surface area (Å²) in [5.74, 6) is 0.482. The molecule has 0 saturated heterocycles. The summed E-state index contributed by atoms with van der Waals surface area (Å²) in [6.07, 6.45) is 2.99. The Kier molecular flexibility index (Phi) is 4.40. The van der Waals surface area contributed by atoms with Crippen molar-refractivity contribution in [1.82, 2.24) is 10.3 Å². The van der Waals surface area contributed by atoms with Crippen molar-refractivity contribution in [1.29, 1.82) is 0 Å². The van der Waals surface area contributed by atoms with Crippen LogP contribution in [0.1, 0.15) is 62.8 Å². The molecule has 21 heavy (non-hydrogen) atoms. The van der Waals surface area contributed by atoms with Gasteiger partial charge in [-0.15, -0.1) is 0 Å². The van der Waals surface area contributed by atoms with Gasteiger partial charge in [0.25, 0.3) is 5.56 Å². The first-order chi connectivity index (χ1) is 9.76. The molecule has 0 unspecified atom stereocenters. The van der Waals surface area contributed by atoms with Crippen molar-refractivity contribution in [3.8, 4) is 0 Å². The first-order valence-electron chi connectivity index (χ1n) is 7.44. The van der Waals surface area contributed by atoms with Gasteiger partial charge in [-0.1, -0.05) is 6.42 Å². The van der Waals surface area contributed by atoms with E-state index >= 15 is 0 Å². The molecule has 5 nitrogen and oxygen atoms in total. The normalized spacial score (nSPS) is 15.4. The monoisotopic (exact) mass is 292 g/mol. The second kappa shape index (κ2) is 5.92. The zero-order valence-electron chi connectivity index (χ0n) is 13.2. The van der Waals surface area contributed by atoms with E-state index in [9.17, 15) is 9.59 Å². The van der Waals surface area contributed by atoms with Crippen molar-refractivity contribution in [2.75, 3.05) is 0 Å². The third kappa shape index (κ3) is 4.09. The fourth-order valence-electron chi connectivity index (χ4n) is 2.34. The van der Waals surface area contributed by atoms with Crippen LogP contribution in [0, 0.1) is 6.92 Å². The Morgan fingerprint density at radius 1 is 1.43 bits per heavy atom. The number of nitrogens with one attached hydrogen (secondary N) is 2. The highest BCUT2D eigenvalue weighted by Gasteiger charge is 2.22. The molecule has 2 N–H and O–H groups in total. The second-order valence-corrected chi connectivity index (χ2v) is 6.79. The van der Waals surface area contributed by atoms with Gasteiger partial charge in [0.05, 0.1) is 5.56 Å². The summed E-state index contributed by atoms with van der Waals surface area (Å²) < 4.78 is 5.14.